The molecule has 2 aromatic rings. The van der Waals surface area contributed by atoms with Crippen LogP contribution in [0.2, 0.25) is 0 Å². The van der Waals surface area contributed by atoms with E-state index in [0.717, 1.165) is 43.9 Å². The van der Waals surface area contributed by atoms with E-state index >= 15 is 0 Å². The SMILES string of the molecule is FC(F)(F)c1ccnc(CN=C(Nc2ccccc2)N2CCCCC2)n1. The monoisotopic (exact) mass is 363 g/mol. The molecule has 0 atom stereocenters. The average Bonchev–Trinajstić information content (AvgIpc) is 2.66. The molecular weight excluding hydrogens is 343 g/mol. The van der Waals surface area contributed by atoms with Gasteiger partial charge in [-0.15, -0.1) is 0 Å². The van der Waals surface area contributed by atoms with Gasteiger partial charge in [-0.1, -0.05) is 18.2 Å². The van der Waals surface area contributed by atoms with Crippen LogP contribution in [0.3, 0.4) is 0 Å². The fourth-order valence-electron chi connectivity index (χ4n) is 2.75. The first-order valence-electron chi connectivity index (χ1n) is 8.53. The van der Waals surface area contributed by atoms with E-state index in [9.17, 15) is 13.2 Å². The smallest absolute Gasteiger partial charge is 0.343 e. The van der Waals surface area contributed by atoms with Gasteiger partial charge in [-0.05, 0) is 37.5 Å². The fourth-order valence-corrected chi connectivity index (χ4v) is 2.75. The number of hydrogen-bond donors (Lipinski definition) is 1. The van der Waals surface area contributed by atoms with Crippen LogP contribution in [0.15, 0.2) is 47.6 Å². The van der Waals surface area contributed by atoms with Crippen LogP contribution >= 0.6 is 0 Å². The van der Waals surface area contributed by atoms with E-state index in [4.69, 9.17) is 0 Å². The summed E-state index contributed by atoms with van der Waals surface area (Å²) in [5.74, 6) is 0.682. The van der Waals surface area contributed by atoms with E-state index < -0.39 is 11.9 Å². The Labute approximate surface area is 150 Å². The van der Waals surface area contributed by atoms with Crippen molar-refractivity contribution in [2.45, 2.75) is 32.0 Å². The lowest BCUT2D eigenvalue weighted by Crippen LogP contribution is -2.40. The van der Waals surface area contributed by atoms with Crippen molar-refractivity contribution in [2.75, 3.05) is 18.4 Å². The number of rotatable bonds is 3. The largest absolute Gasteiger partial charge is 0.433 e. The number of aromatic nitrogens is 2. The summed E-state index contributed by atoms with van der Waals surface area (Å²) in [6.45, 7) is 1.71. The highest BCUT2D eigenvalue weighted by Gasteiger charge is 2.32. The van der Waals surface area contributed by atoms with Gasteiger partial charge in [0.05, 0.1) is 0 Å². The highest BCUT2D eigenvalue weighted by molar-refractivity contribution is 5.93. The van der Waals surface area contributed by atoms with E-state index in [-0.39, 0.29) is 12.4 Å². The molecule has 1 N–H and O–H groups in total. The minimum absolute atomic E-state index is 0.0183. The number of guanidine groups is 1. The second-order valence-electron chi connectivity index (χ2n) is 6.03. The van der Waals surface area contributed by atoms with Crippen molar-refractivity contribution in [2.24, 2.45) is 4.99 Å². The Hall–Kier alpha value is -2.64. The molecule has 1 aromatic carbocycles. The molecule has 1 fully saturated rings. The predicted molar refractivity (Wildman–Crippen MR) is 93.7 cm³/mol. The molecule has 1 saturated heterocycles. The van der Waals surface area contributed by atoms with E-state index in [0.29, 0.717) is 5.96 Å². The minimum Gasteiger partial charge on any atom is -0.343 e. The van der Waals surface area contributed by atoms with Crippen molar-refractivity contribution >= 4 is 11.6 Å². The summed E-state index contributed by atoms with van der Waals surface area (Å²) in [4.78, 5) is 14.1. The summed E-state index contributed by atoms with van der Waals surface area (Å²) in [7, 11) is 0. The summed E-state index contributed by atoms with van der Waals surface area (Å²) in [5.41, 5.74) is -0.0741. The minimum atomic E-state index is -4.49. The second-order valence-corrected chi connectivity index (χ2v) is 6.03. The summed E-state index contributed by atoms with van der Waals surface area (Å²) < 4.78 is 38.4. The maximum Gasteiger partial charge on any atom is 0.433 e. The zero-order chi connectivity index (χ0) is 18.4. The van der Waals surface area contributed by atoms with Crippen LogP contribution < -0.4 is 5.32 Å². The number of alkyl halides is 3. The molecule has 26 heavy (non-hydrogen) atoms. The highest BCUT2D eigenvalue weighted by atomic mass is 19.4. The number of nitrogens with zero attached hydrogens (tertiary/aromatic N) is 4. The Morgan fingerprint density at radius 2 is 1.81 bits per heavy atom. The lowest BCUT2D eigenvalue weighted by Gasteiger charge is -2.30. The molecule has 0 bridgehead atoms. The molecule has 0 unspecified atom stereocenters. The quantitative estimate of drug-likeness (QED) is 0.663. The number of aliphatic imine (C=N–C) groups is 1. The summed E-state index contributed by atoms with van der Waals surface area (Å²) >= 11 is 0. The number of para-hydroxylation sites is 1. The third kappa shape index (κ3) is 4.93. The number of benzene rings is 1. The van der Waals surface area contributed by atoms with Crippen LogP contribution in [-0.4, -0.2) is 33.9 Å². The number of halogens is 3. The van der Waals surface area contributed by atoms with Crippen molar-refractivity contribution in [3.63, 3.8) is 0 Å². The molecule has 0 radical (unpaired) electrons. The molecule has 1 aromatic heterocycles. The summed E-state index contributed by atoms with van der Waals surface area (Å²) in [6, 6.07) is 10.4. The van der Waals surface area contributed by atoms with E-state index in [1.807, 2.05) is 30.3 Å². The Balaban J connectivity index is 1.79. The first-order valence-corrected chi connectivity index (χ1v) is 8.53. The van der Waals surface area contributed by atoms with Crippen molar-refractivity contribution in [3.05, 3.63) is 54.1 Å². The molecule has 1 aliphatic rings. The topological polar surface area (TPSA) is 53.4 Å². The maximum atomic E-state index is 12.8. The number of piperidine rings is 1. The van der Waals surface area contributed by atoms with Gasteiger partial charge in [0.2, 0.25) is 0 Å². The lowest BCUT2D eigenvalue weighted by molar-refractivity contribution is -0.141. The standard InChI is InChI=1S/C18H20F3N5/c19-18(20,21)15-9-10-22-16(25-15)13-23-17(26-11-5-2-6-12-26)24-14-7-3-1-4-8-14/h1,3-4,7-10H,2,5-6,11-13H2,(H,23,24). The van der Waals surface area contributed by atoms with Gasteiger partial charge >= 0.3 is 6.18 Å². The lowest BCUT2D eigenvalue weighted by atomic mass is 10.1. The van der Waals surface area contributed by atoms with Gasteiger partial charge in [-0.25, -0.2) is 15.0 Å². The third-order valence-corrected chi connectivity index (χ3v) is 4.05. The third-order valence-electron chi connectivity index (χ3n) is 4.05. The predicted octanol–water partition coefficient (Wildman–Crippen LogP) is 3.95. The Kier molecular flexibility index (Phi) is 5.70. The summed E-state index contributed by atoms with van der Waals surface area (Å²) in [6.07, 6.45) is -0.0672. The van der Waals surface area contributed by atoms with Crippen molar-refractivity contribution in [1.82, 2.24) is 14.9 Å². The van der Waals surface area contributed by atoms with Crippen LogP contribution in [0.25, 0.3) is 0 Å². The molecule has 138 valence electrons. The van der Waals surface area contributed by atoms with E-state index in [1.54, 1.807) is 0 Å². The molecule has 1 aliphatic heterocycles. The number of nitrogens with one attached hydrogen (secondary N) is 1. The van der Waals surface area contributed by atoms with Gasteiger partial charge in [-0.3, -0.25) is 0 Å². The van der Waals surface area contributed by atoms with Crippen molar-refractivity contribution in [1.29, 1.82) is 0 Å². The van der Waals surface area contributed by atoms with E-state index in [2.05, 4.69) is 25.2 Å². The Morgan fingerprint density at radius 1 is 1.08 bits per heavy atom. The average molecular weight is 363 g/mol. The number of likely N-dealkylation sites (tertiary alicyclic amines) is 1. The molecule has 3 rings (SSSR count). The van der Waals surface area contributed by atoms with Crippen LogP contribution in [0.1, 0.15) is 30.8 Å². The number of hydrogen-bond acceptors (Lipinski definition) is 3. The fraction of sp³-hybridized carbons (Fsp3) is 0.389. The van der Waals surface area contributed by atoms with Crippen LogP contribution in [0.5, 0.6) is 0 Å². The molecule has 0 aliphatic carbocycles. The zero-order valence-corrected chi connectivity index (χ0v) is 14.2. The second kappa shape index (κ2) is 8.16. The summed E-state index contributed by atoms with van der Waals surface area (Å²) in [5, 5.41) is 3.26. The Morgan fingerprint density at radius 3 is 2.50 bits per heavy atom. The van der Waals surface area contributed by atoms with Crippen molar-refractivity contribution < 1.29 is 13.2 Å². The highest BCUT2D eigenvalue weighted by Crippen LogP contribution is 2.27. The van der Waals surface area contributed by atoms with Crippen molar-refractivity contribution in [3.8, 4) is 0 Å². The van der Waals surface area contributed by atoms with Gasteiger partial charge in [0, 0.05) is 25.0 Å². The maximum absolute atomic E-state index is 12.8. The first-order chi connectivity index (χ1) is 12.5. The van der Waals surface area contributed by atoms with Crippen LogP contribution in [0, 0.1) is 0 Å². The zero-order valence-electron chi connectivity index (χ0n) is 14.2. The molecule has 0 amide bonds. The van der Waals surface area contributed by atoms with Gasteiger partial charge in [-0.2, -0.15) is 13.2 Å². The van der Waals surface area contributed by atoms with E-state index in [1.165, 1.54) is 6.42 Å². The molecular formula is C18H20F3N5. The molecule has 5 nitrogen and oxygen atoms in total. The number of anilines is 1. The van der Waals surface area contributed by atoms with Gasteiger partial charge in [0.15, 0.2) is 5.96 Å². The van der Waals surface area contributed by atoms with Crippen LogP contribution in [-0.2, 0) is 12.7 Å². The van der Waals surface area contributed by atoms with Gasteiger partial charge in [0.1, 0.15) is 18.1 Å². The molecule has 0 saturated carbocycles. The molecule has 8 heteroatoms. The van der Waals surface area contributed by atoms with Gasteiger partial charge < -0.3 is 10.2 Å². The molecule has 2 heterocycles. The first kappa shape index (κ1) is 18.2. The van der Waals surface area contributed by atoms with Gasteiger partial charge in [0.25, 0.3) is 0 Å². The molecule has 0 spiro atoms. The normalized spacial score (nSPS) is 15.8. The Bertz CT molecular complexity index is 740. The van der Waals surface area contributed by atoms with Crippen LogP contribution in [0.4, 0.5) is 18.9 Å².